The van der Waals surface area contributed by atoms with Gasteiger partial charge in [-0.1, -0.05) is 0 Å². The van der Waals surface area contributed by atoms with Crippen molar-refractivity contribution in [3.05, 3.63) is 0 Å². The van der Waals surface area contributed by atoms with E-state index in [1.807, 2.05) is 11.0 Å². The highest BCUT2D eigenvalue weighted by molar-refractivity contribution is 6.22. The van der Waals surface area contributed by atoms with Crippen LogP contribution in [0.3, 0.4) is 0 Å². The maximum absolute atomic E-state index is 8.85. The smallest absolute Gasteiger partial charge is 0.133 e. The summed E-state index contributed by atoms with van der Waals surface area (Å²) in [6, 6.07) is 1.97. The summed E-state index contributed by atoms with van der Waals surface area (Å²) < 4.78 is 5.25. The van der Waals surface area contributed by atoms with Gasteiger partial charge in [0.15, 0.2) is 0 Å². The van der Waals surface area contributed by atoms with Crippen molar-refractivity contribution in [2.75, 3.05) is 32.8 Å². The molecule has 0 radical (unpaired) electrons. The first-order chi connectivity index (χ1) is 6.26. The molecule has 0 aromatic rings. The summed E-state index contributed by atoms with van der Waals surface area (Å²) in [6.45, 7) is 2.59. The minimum Gasteiger partial charge on any atom is -0.394 e. The minimum absolute atomic E-state index is 0.0238. The fraction of sp³-hybridized carbons (Fsp3) is 0.875. The Kier molecular flexibility index (Phi) is 4.46. The molecule has 0 saturated carbocycles. The number of ether oxygens (including phenoxy) is 1. The van der Waals surface area contributed by atoms with Gasteiger partial charge in [0.05, 0.1) is 25.4 Å². The van der Waals surface area contributed by atoms with Crippen LogP contribution in [0.25, 0.3) is 0 Å². The van der Waals surface area contributed by atoms with Gasteiger partial charge in [0.25, 0.3) is 0 Å². The first kappa shape index (κ1) is 10.7. The highest BCUT2D eigenvalue weighted by Crippen LogP contribution is 2.07. The second kappa shape index (κ2) is 5.40. The molecule has 0 aliphatic carbocycles. The molecule has 1 saturated heterocycles. The topological polar surface area (TPSA) is 56.5 Å². The van der Waals surface area contributed by atoms with Crippen molar-refractivity contribution >= 4 is 11.6 Å². The Morgan fingerprint density at radius 3 is 3.15 bits per heavy atom. The molecule has 1 rings (SSSR count). The van der Waals surface area contributed by atoms with Crippen LogP contribution < -0.4 is 0 Å². The Hall–Kier alpha value is -0.340. The predicted molar refractivity (Wildman–Crippen MR) is 48.5 cm³/mol. The summed E-state index contributed by atoms with van der Waals surface area (Å²) in [7, 11) is 0. The van der Waals surface area contributed by atoms with E-state index in [0.29, 0.717) is 19.7 Å². The second-order valence-electron chi connectivity index (χ2n) is 3.03. The molecule has 1 fully saturated rings. The Morgan fingerprint density at radius 1 is 1.77 bits per heavy atom. The van der Waals surface area contributed by atoms with E-state index in [-0.39, 0.29) is 12.7 Å². The molecule has 5 heteroatoms. The van der Waals surface area contributed by atoms with Crippen LogP contribution in [-0.4, -0.2) is 54.3 Å². The summed E-state index contributed by atoms with van der Waals surface area (Å²) in [5, 5.41) is 16.9. The highest BCUT2D eigenvalue weighted by Gasteiger charge is 2.21. The van der Waals surface area contributed by atoms with Gasteiger partial charge in [0, 0.05) is 19.6 Å². The number of hydrogen-bond donors (Lipinski definition) is 1. The van der Waals surface area contributed by atoms with Gasteiger partial charge in [-0.15, -0.1) is 11.6 Å². The van der Waals surface area contributed by atoms with E-state index in [2.05, 4.69) is 0 Å². The van der Waals surface area contributed by atoms with E-state index >= 15 is 0 Å². The molecule has 1 heterocycles. The molecule has 0 bridgehead atoms. The summed E-state index contributed by atoms with van der Waals surface area (Å²) in [5.74, 6) is 0. The lowest BCUT2D eigenvalue weighted by atomic mass is 10.2. The molecular weight excluding hydrogens is 192 g/mol. The lowest BCUT2D eigenvalue weighted by molar-refractivity contribution is -0.0518. The number of aliphatic hydroxyl groups excluding tert-OH is 1. The SMILES string of the molecule is N#CC(Cl)CN1CCOC(CO)C1. The Balaban J connectivity index is 2.30. The van der Waals surface area contributed by atoms with Crippen molar-refractivity contribution in [1.82, 2.24) is 4.90 Å². The van der Waals surface area contributed by atoms with Gasteiger partial charge in [-0.2, -0.15) is 5.26 Å². The van der Waals surface area contributed by atoms with Crippen molar-refractivity contribution in [3.63, 3.8) is 0 Å². The largest absolute Gasteiger partial charge is 0.394 e. The number of nitrogens with zero attached hydrogens (tertiary/aromatic N) is 2. The summed E-state index contributed by atoms with van der Waals surface area (Å²) >= 11 is 5.68. The predicted octanol–water partition coefficient (Wildman–Crippen LogP) is -0.190. The normalized spacial score (nSPS) is 26.7. The second-order valence-corrected chi connectivity index (χ2v) is 3.56. The van der Waals surface area contributed by atoms with Crippen LogP contribution in [0, 0.1) is 11.3 Å². The molecule has 2 atom stereocenters. The third-order valence-corrected chi connectivity index (χ3v) is 2.22. The lowest BCUT2D eigenvalue weighted by Gasteiger charge is -2.32. The first-order valence-electron chi connectivity index (χ1n) is 4.24. The van der Waals surface area contributed by atoms with Crippen molar-refractivity contribution in [3.8, 4) is 6.07 Å². The van der Waals surface area contributed by atoms with Crippen LogP contribution in [-0.2, 0) is 4.74 Å². The molecule has 4 nitrogen and oxygen atoms in total. The third-order valence-electron chi connectivity index (χ3n) is 1.99. The highest BCUT2D eigenvalue weighted by atomic mass is 35.5. The lowest BCUT2D eigenvalue weighted by Crippen LogP contribution is -2.45. The number of nitriles is 1. The maximum Gasteiger partial charge on any atom is 0.133 e. The Bertz CT molecular complexity index is 195. The molecule has 1 aliphatic heterocycles. The van der Waals surface area contributed by atoms with Gasteiger partial charge in [0.1, 0.15) is 5.38 Å². The fourth-order valence-electron chi connectivity index (χ4n) is 1.32. The van der Waals surface area contributed by atoms with Crippen LogP contribution in [0.4, 0.5) is 0 Å². The van der Waals surface area contributed by atoms with Crippen LogP contribution in [0.5, 0.6) is 0 Å². The van der Waals surface area contributed by atoms with E-state index in [0.717, 1.165) is 6.54 Å². The number of rotatable bonds is 3. The van der Waals surface area contributed by atoms with Gasteiger partial charge in [0.2, 0.25) is 0 Å². The maximum atomic E-state index is 8.85. The molecule has 0 amide bonds. The monoisotopic (exact) mass is 204 g/mol. The average molecular weight is 205 g/mol. The number of morpholine rings is 1. The number of halogens is 1. The van der Waals surface area contributed by atoms with E-state index in [1.165, 1.54) is 0 Å². The van der Waals surface area contributed by atoms with Crippen LogP contribution >= 0.6 is 11.6 Å². The average Bonchev–Trinajstić information content (AvgIpc) is 2.18. The zero-order valence-electron chi connectivity index (χ0n) is 7.32. The summed E-state index contributed by atoms with van der Waals surface area (Å²) in [5.41, 5.74) is 0. The zero-order chi connectivity index (χ0) is 9.68. The molecule has 2 unspecified atom stereocenters. The van der Waals surface area contributed by atoms with Gasteiger partial charge in [-0.3, -0.25) is 4.90 Å². The summed E-state index contributed by atoms with van der Waals surface area (Å²) in [4.78, 5) is 2.03. The minimum atomic E-state index is -0.475. The van der Waals surface area contributed by atoms with E-state index in [9.17, 15) is 0 Å². The Labute approximate surface area is 82.7 Å². The van der Waals surface area contributed by atoms with E-state index < -0.39 is 5.38 Å². The van der Waals surface area contributed by atoms with Crippen LogP contribution in [0.2, 0.25) is 0 Å². The van der Waals surface area contributed by atoms with Crippen molar-refractivity contribution in [2.24, 2.45) is 0 Å². The Morgan fingerprint density at radius 2 is 2.54 bits per heavy atom. The van der Waals surface area contributed by atoms with E-state index in [1.54, 1.807) is 0 Å². The summed E-state index contributed by atoms with van der Waals surface area (Å²) in [6.07, 6.45) is -0.128. The van der Waals surface area contributed by atoms with Gasteiger partial charge < -0.3 is 9.84 Å². The van der Waals surface area contributed by atoms with Gasteiger partial charge in [-0.05, 0) is 0 Å². The first-order valence-corrected chi connectivity index (χ1v) is 4.68. The molecule has 13 heavy (non-hydrogen) atoms. The molecule has 1 N–H and O–H groups in total. The van der Waals surface area contributed by atoms with Gasteiger partial charge in [-0.25, -0.2) is 0 Å². The molecule has 0 aromatic carbocycles. The molecule has 1 aliphatic rings. The molecule has 0 spiro atoms. The number of aliphatic hydroxyl groups is 1. The fourth-order valence-corrected chi connectivity index (χ4v) is 1.52. The van der Waals surface area contributed by atoms with Crippen LogP contribution in [0.15, 0.2) is 0 Å². The van der Waals surface area contributed by atoms with Crippen molar-refractivity contribution in [1.29, 1.82) is 5.26 Å². The molecular formula is C8H13ClN2O2. The standard InChI is InChI=1S/C8H13ClN2O2/c9-7(3-10)4-11-1-2-13-8(5-11)6-12/h7-8,12H,1-2,4-6H2. The van der Waals surface area contributed by atoms with Crippen molar-refractivity contribution in [2.45, 2.75) is 11.5 Å². The number of hydrogen-bond acceptors (Lipinski definition) is 4. The quantitative estimate of drug-likeness (QED) is 0.648. The third kappa shape index (κ3) is 3.49. The van der Waals surface area contributed by atoms with E-state index in [4.69, 9.17) is 26.7 Å². The number of alkyl halides is 1. The van der Waals surface area contributed by atoms with Gasteiger partial charge >= 0.3 is 0 Å². The van der Waals surface area contributed by atoms with Crippen LogP contribution in [0.1, 0.15) is 0 Å². The molecule has 0 aromatic heterocycles. The van der Waals surface area contributed by atoms with Crippen molar-refractivity contribution < 1.29 is 9.84 Å². The zero-order valence-corrected chi connectivity index (χ0v) is 8.07. The molecule has 74 valence electrons.